The summed E-state index contributed by atoms with van der Waals surface area (Å²) in [6.45, 7) is 4.02. The second kappa shape index (κ2) is 9.17. The van der Waals surface area contributed by atoms with Crippen LogP contribution in [0.15, 0.2) is 59.8 Å². The Morgan fingerprint density at radius 1 is 1.23 bits per heavy atom. The maximum absolute atomic E-state index is 10.1. The van der Waals surface area contributed by atoms with Gasteiger partial charge in [0.15, 0.2) is 0 Å². The summed E-state index contributed by atoms with van der Waals surface area (Å²) < 4.78 is 0. The number of rotatable bonds is 8. The van der Waals surface area contributed by atoms with Crippen molar-refractivity contribution in [1.29, 1.82) is 0 Å². The zero-order valence-corrected chi connectivity index (χ0v) is 15.8. The summed E-state index contributed by atoms with van der Waals surface area (Å²) in [7, 11) is 0. The molecule has 0 fully saturated rings. The molecule has 1 heterocycles. The highest BCUT2D eigenvalue weighted by atomic mass is 35.5. The lowest BCUT2D eigenvalue weighted by Gasteiger charge is -2.26. The molecular weight excluding hydrogens is 348 g/mol. The Hall–Kier alpha value is -1.88. The van der Waals surface area contributed by atoms with Gasteiger partial charge < -0.3 is 9.94 Å². The summed E-state index contributed by atoms with van der Waals surface area (Å²) in [5, 5.41) is 15.1. The van der Waals surface area contributed by atoms with E-state index in [0.717, 1.165) is 41.2 Å². The van der Waals surface area contributed by atoms with E-state index in [9.17, 15) is 5.11 Å². The number of hydrogen-bond donors (Lipinski definition) is 1. The van der Waals surface area contributed by atoms with Crippen LogP contribution in [0.3, 0.4) is 0 Å². The minimum absolute atomic E-state index is 0.00607. The average molecular weight is 373 g/mol. The Kier molecular flexibility index (Phi) is 6.67. The molecule has 0 saturated carbocycles. The van der Waals surface area contributed by atoms with Gasteiger partial charge in [-0.1, -0.05) is 66.1 Å². The number of halogens is 1. The molecule has 5 heteroatoms. The van der Waals surface area contributed by atoms with Gasteiger partial charge in [-0.2, -0.15) is 0 Å². The van der Waals surface area contributed by atoms with Crippen LogP contribution >= 0.6 is 11.6 Å². The van der Waals surface area contributed by atoms with Gasteiger partial charge in [0.2, 0.25) is 0 Å². The smallest absolute Gasteiger partial charge is 0.145 e. The van der Waals surface area contributed by atoms with Gasteiger partial charge >= 0.3 is 0 Å². The topological polar surface area (TPSA) is 45.1 Å². The first-order chi connectivity index (χ1) is 12.6. The first kappa shape index (κ1) is 18.9. The van der Waals surface area contributed by atoms with Gasteiger partial charge in [0.1, 0.15) is 6.10 Å². The summed E-state index contributed by atoms with van der Waals surface area (Å²) in [5.74, 6) is 0. The van der Waals surface area contributed by atoms with Crippen LogP contribution in [0.5, 0.6) is 0 Å². The summed E-state index contributed by atoms with van der Waals surface area (Å²) in [6, 6.07) is 18.0. The molecule has 4 nitrogen and oxygen atoms in total. The third-order valence-electron chi connectivity index (χ3n) is 4.54. The molecule has 0 saturated heterocycles. The number of aliphatic hydroxyl groups excluding tert-OH is 1. The average Bonchev–Trinajstić information content (AvgIpc) is 3.11. The molecule has 0 aliphatic carbocycles. The van der Waals surface area contributed by atoms with Gasteiger partial charge in [0.25, 0.3) is 0 Å². The second-order valence-corrected chi connectivity index (χ2v) is 7.16. The molecule has 138 valence electrons. The van der Waals surface area contributed by atoms with E-state index in [2.05, 4.69) is 28.3 Å². The van der Waals surface area contributed by atoms with Crippen LogP contribution in [0.1, 0.15) is 30.9 Å². The fourth-order valence-corrected chi connectivity index (χ4v) is 3.35. The van der Waals surface area contributed by atoms with Crippen molar-refractivity contribution in [3.63, 3.8) is 0 Å². The fraction of sp³-hybridized carbons (Fsp3) is 0.381. The lowest BCUT2D eigenvalue weighted by molar-refractivity contribution is 0.0315. The molecule has 2 aromatic rings. The van der Waals surface area contributed by atoms with E-state index in [1.165, 1.54) is 0 Å². The van der Waals surface area contributed by atoms with E-state index in [1.807, 2.05) is 43.3 Å². The Morgan fingerprint density at radius 3 is 2.77 bits per heavy atom. The van der Waals surface area contributed by atoms with Crippen molar-refractivity contribution < 1.29 is 9.94 Å². The van der Waals surface area contributed by atoms with Crippen LogP contribution in [0.2, 0.25) is 5.02 Å². The number of benzene rings is 2. The number of hydrogen-bond acceptors (Lipinski definition) is 4. The second-order valence-electron chi connectivity index (χ2n) is 6.72. The highest BCUT2D eigenvalue weighted by molar-refractivity contribution is 6.30. The molecule has 0 spiro atoms. The van der Waals surface area contributed by atoms with Crippen LogP contribution in [-0.4, -0.2) is 41.0 Å². The van der Waals surface area contributed by atoms with Crippen molar-refractivity contribution in [2.45, 2.75) is 38.5 Å². The molecule has 1 aliphatic rings. The molecule has 2 atom stereocenters. The number of oxime groups is 1. The number of nitrogens with zero attached hydrogens (tertiary/aromatic N) is 2. The maximum Gasteiger partial charge on any atom is 0.145 e. The predicted molar refractivity (Wildman–Crippen MR) is 105 cm³/mol. The SMILES string of the molecule is CC[C@H](O)CN(Cc1cccc(Cl)c1)C[C@H]1CC(c2ccccc2)=NO1. The summed E-state index contributed by atoms with van der Waals surface area (Å²) >= 11 is 6.11. The molecule has 2 aromatic carbocycles. The first-order valence-corrected chi connectivity index (χ1v) is 9.44. The summed E-state index contributed by atoms with van der Waals surface area (Å²) in [5.41, 5.74) is 3.21. The van der Waals surface area contributed by atoms with Crippen LogP contribution in [-0.2, 0) is 11.4 Å². The van der Waals surface area contributed by atoms with Gasteiger partial charge in [0.05, 0.1) is 11.8 Å². The Bertz CT molecular complexity index is 736. The molecule has 1 N–H and O–H groups in total. The van der Waals surface area contributed by atoms with E-state index in [-0.39, 0.29) is 12.2 Å². The Labute approximate surface area is 160 Å². The van der Waals surface area contributed by atoms with Crippen molar-refractivity contribution in [1.82, 2.24) is 4.90 Å². The van der Waals surface area contributed by atoms with Gasteiger partial charge in [-0.15, -0.1) is 0 Å². The van der Waals surface area contributed by atoms with E-state index in [4.69, 9.17) is 16.4 Å². The lowest BCUT2D eigenvalue weighted by Crippen LogP contribution is -2.37. The summed E-state index contributed by atoms with van der Waals surface area (Å²) in [6.07, 6.45) is 1.14. The maximum atomic E-state index is 10.1. The van der Waals surface area contributed by atoms with E-state index in [0.29, 0.717) is 13.1 Å². The monoisotopic (exact) mass is 372 g/mol. The van der Waals surface area contributed by atoms with Gasteiger partial charge in [-0.3, -0.25) is 4.90 Å². The van der Waals surface area contributed by atoms with Gasteiger partial charge in [-0.05, 0) is 29.7 Å². The quantitative estimate of drug-likeness (QED) is 0.758. The van der Waals surface area contributed by atoms with Crippen molar-refractivity contribution in [3.05, 3.63) is 70.7 Å². The normalized spacial score (nSPS) is 17.8. The zero-order valence-electron chi connectivity index (χ0n) is 15.0. The molecule has 26 heavy (non-hydrogen) atoms. The minimum Gasteiger partial charge on any atom is -0.392 e. The van der Waals surface area contributed by atoms with Crippen molar-refractivity contribution >= 4 is 17.3 Å². The summed E-state index contributed by atoms with van der Waals surface area (Å²) in [4.78, 5) is 7.88. The Balaban J connectivity index is 1.63. The first-order valence-electron chi connectivity index (χ1n) is 9.07. The molecule has 0 radical (unpaired) electrons. The minimum atomic E-state index is -0.356. The highest BCUT2D eigenvalue weighted by Crippen LogP contribution is 2.19. The number of aliphatic hydroxyl groups is 1. The van der Waals surface area contributed by atoms with Crippen LogP contribution in [0.25, 0.3) is 0 Å². The lowest BCUT2D eigenvalue weighted by atomic mass is 10.0. The Morgan fingerprint density at radius 2 is 2.04 bits per heavy atom. The molecule has 0 unspecified atom stereocenters. The zero-order chi connectivity index (χ0) is 18.4. The van der Waals surface area contributed by atoms with Gasteiger partial charge in [-0.25, -0.2) is 0 Å². The molecule has 0 bridgehead atoms. The van der Waals surface area contributed by atoms with Crippen LogP contribution in [0.4, 0.5) is 0 Å². The predicted octanol–water partition coefficient (Wildman–Crippen LogP) is 4.11. The third kappa shape index (κ3) is 5.31. The molecular formula is C21H25ClN2O2. The van der Waals surface area contributed by atoms with Crippen molar-refractivity contribution in [2.24, 2.45) is 5.16 Å². The molecule has 3 rings (SSSR count). The van der Waals surface area contributed by atoms with Crippen LogP contribution in [0, 0.1) is 0 Å². The van der Waals surface area contributed by atoms with Crippen LogP contribution < -0.4 is 0 Å². The highest BCUT2D eigenvalue weighted by Gasteiger charge is 2.25. The van der Waals surface area contributed by atoms with E-state index in [1.54, 1.807) is 0 Å². The molecule has 0 amide bonds. The third-order valence-corrected chi connectivity index (χ3v) is 4.77. The molecule has 0 aromatic heterocycles. The van der Waals surface area contributed by atoms with Gasteiger partial charge in [0, 0.05) is 31.1 Å². The van der Waals surface area contributed by atoms with Crippen molar-refractivity contribution in [2.75, 3.05) is 13.1 Å². The fourth-order valence-electron chi connectivity index (χ4n) is 3.14. The van der Waals surface area contributed by atoms with E-state index < -0.39 is 0 Å². The largest absolute Gasteiger partial charge is 0.392 e. The van der Waals surface area contributed by atoms with Crippen molar-refractivity contribution in [3.8, 4) is 0 Å². The standard InChI is InChI=1S/C21H25ClN2O2/c1-2-19(25)14-24(13-16-7-6-10-18(22)11-16)15-20-12-21(23-26-20)17-8-4-3-5-9-17/h3-11,19-20,25H,2,12-15H2,1H3/t19-,20+/m0/s1. The van der Waals surface area contributed by atoms with E-state index >= 15 is 0 Å². The molecule has 1 aliphatic heterocycles.